The van der Waals surface area contributed by atoms with Gasteiger partial charge in [-0.3, -0.25) is 0 Å². The molecule has 0 unspecified atom stereocenters. The average molecular weight is 207 g/mol. The molecule has 0 aromatic heterocycles. The van der Waals surface area contributed by atoms with Crippen molar-refractivity contribution in [1.82, 2.24) is 0 Å². The van der Waals surface area contributed by atoms with Gasteiger partial charge < -0.3 is 10.8 Å². The molecule has 0 heterocycles. The molecule has 0 aliphatic carbocycles. The first-order valence-electron chi connectivity index (χ1n) is 5.67. The lowest BCUT2D eigenvalue weighted by Crippen LogP contribution is -1.92. The topological polar surface area (TPSA) is 46.2 Å². The monoisotopic (exact) mass is 207 g/mol. The Bertz CT molecular complexity index is 307. The van der Waals surface area contributed by atoms with E-state index in [-0.39, 0.29) is 0 Å². The number of aromatic hydroxyl groups is 1. The lowest BCUT2D eigenvalue weighted by Gasteiger charge is -2.07. The number of phenolic OH excluding ortho intramolecular Hbond substituents is 1. The minimum atomic E-state index is 0.369. The maximum Gasteiger partial charge on any atom is 0.118 e. The second-order valence-corrected chi connectivity index (χ2v) is 4.53. The van der Waals surface area contributed by atoms with E-state index in [1.807, 2.05) is 6.07 Å². The van der Waals surface area contributed by atoms with Crippen LogP contribution in [0.2, 0.25) is 0 Å². The summed E-state index contributed by atoms with van der Waals surface area (Å²) in [5.41, 5.74) is 7.37. The normalized spacial score (nSPS) is 10.9. The summed E-state index contributed by atoms with van der Waals surface area (Å²) in [5, 5.41) is 9.59. The van der Waals surface area contributed by atoms with E-state index >= 15 is 0 Å². The van der Waals surface area contributed by atoms with Gasteiger partial charge in [0.2, 0.25) is 0 Å². The highest BCUT2D eigenvalue weighted by Crippen LogP contribution is 2.22. The molecule has 0 atom stereocenters. The Labute approximate surface area is 92.1 Å². The highest BCUT2D eigenvalue weighted by molar-refractivity contribution is 5.47. The van der Waals surface area contributed by atoms with Crippen LogP contribution in [0.5, 0.6) is 5.75 Å². The molecule has 2 nitrogen and oxygen atoms in total. The number of nitrogens with two attached hydrogens (primary N) is 1. The Morgan fingerprint density at radius 1 is 1.27 bits per heavy atom. The third kappa shape index (κ3) is 4.24. The molecule has 0 aliphatic rings. The fourth-order valence-electron chi connectivity index (χ4n) is 1.67. The summed E-state index contributed by atoms with van der Waals surface area (Å²) in [6.07, 6.45) is 4.51. The average Bonchev–Trinajstić information content (AvgIpc) is 2.17. The highest BCUT2D eigenvalue weighted by Gasteiger charge is 2.02. The van der Waals surface area contributed by atoms with Crippen LogP contribution in [0.3, 0.4) is 0 Å². The fourth-order valence-corrected chi connectivity index (χ4v) is 1.67. The van der Waals surface area contributed by atoms with Gasteiger partial charge in [-0.2, -0.15) is 0 Å². The van der Waals surface area contributed by atoms with Crippen molar-refractivity contribution in [3.8, 4) is 5.75 Å². The van der Waals surface area contributed by atoms with Crippen molar-refractivity contribution in [3.05, 3.63) is 23.8 Å². The summed E-state index contributed by atoms with van der Waals surface area (Å²) in [5.74, 6) is 1.13. The number of aryl methyl sites for hydroxylation is 1. The van der Waals surface area contributed by atoms with Crippen molar-refractivity contribution < 1.29 is 5.11 Å². The first-order valence-corrected chi connectivity index (χ1v) is 5.67. The molecule has 0 saturated heterocycles. The van der Waals surface area contributed by atoms with Gasteiger partial charge in [-0.25, -0.2) is 0 Å². The number of anilines is 1. The minimum Gasteiger partial charge on any atom is -0.508 e. The lowest BCUT2D eigenvalue weighted by atomic mass is 10.0. The predicted molar refractivity (Wildman–Crippen MR) is 64.9 cm³/mol. The van der Waals surface area contributed by atoms with Crippen LogP contribution in [0.4, 0.5) is 5.69 Å². The second kappa shape index (κ2) is 5.64. The van der Waals surface area contributed by atoms with E-state index in [1.165, 1.54) is 12.8 Å². The molecular weight excluding hydrogens is 186 g/mol. The van der Waals surface area contributed by atoms with E-state index in [0.29, 0.717) is 5.75 Å². The van der Waals surface area contributed by atoms with Crippen LogP contribution in [0.1, 0.15) is 38.7 Å². The molecule has 1 rings (SSSR count). The first-order chi connectivity index (χ1) is 7.09. The third-order valence-electron chi connectivity index (χ3n) is 2.58. The zero-order valence-corrected chi connectivity index (χ0v) is 9.66. The Morgan fingerprint density at radius 3 is 2.67 bits per heavy atom. The Morgan fingerprint density at radius 2 is 2.00 bits per heavy atom. The maximum absolute atomic E-state index is 9.59. The molecule has 1 aromatic carbocycles. The van der Waals surface area contributed by atoms with Crippen molar-refractivity contribution in [2.75, 3.05) is 5.73 Å². The fraction of sp³-hybridized carbons (Fsp3) is 0.538. The van der Waals surface area contributed by atoms with Gasteiger partial charge in [-0.1, -0.05) is 26.7 Å². The summed E-state index contributed by atoms with van der Waals surface area (Å²) in [7, 11) is 0. The van der Waals surface area contributed by atoms with Crippen LogP contribution < -0.4 is 5.73 Å². The van der Waals surface area contributed by atoms with Crippen LogP contribution in [0.15, 0.2) is 18.2 Å². The maximum atomic E-state index is 9.59. The number of rotatable bonds is 5. The highest BCUT2D eigenvalue weighted by atomic mass is 16.3. The zero-order chi connectivity index (χ0) is 11.3. The van der Waals surface area contributed by atoms with Crippen molar-refractivity contribution >= 4 is 5.69 Å². The van der Waals surface area contributed by atoms with Gasteiger partial charge in [0.15, 0.2) is 0 Å². The van der Waals surface area contributed by atoms with Gasteiger partial charge in [-0.05, 0) is 42.5 Å². The van der Waals surface area contributed by atoms with Gasteiger partial charge in [0.05, 0.1) is 0 Å². The number of nitrogen functional groups attached to an aromatic ring is 1. The third-order valence-corrected chi connectivity index (χ3v) is 2.58. The van der Waals surface area contributed by atoms with Crippen LogP contribution >= 0.6 is 0 Å². The molecule has 3 N–H and O–H groups in total. The molecule has 0 saturated carbocycles. The summed E-state index contributed by atoms with van der Waals surface area (Å²) in [6, 6.07) is 5.27. The molecule has 0 radical (unpaired) electrons. The van der Waals surface area contributed by atoms with E-state index in [2.05, 4.69) is 13.8 Å². The molecule has 0 bridgehead atoms. The van der Waals surface area contributed by atoms with Gasteiger partial charge in [0.25, 0.3) is 0 Å². The number of phenols is 1. The van der Waals surface area contributed by atoms with Crippen LogP contribution in [0, 0.1) is 5.92 Å². The van der Waals surface area contributed by atoms with Crippen LogP contribution in [-0.2, 0) is 6.42 Å². The van der Waals surface area contributed by atoms with Gasteiger partial charge >= 0.3 is 0 Å². The SMILES string of the molecule is CC(C)CCCCc1cc(N)ccc1O. The molecule has 2 heteroatoms. The van der Waals surface area contributed by atoms with E-state index in [0.717, 1.165) is 30.0 Å². The summed E-state index contributed by atoms with van der Waals surface area (Å²) >= 11 is 0. The molecule has 0 fully saturated rings. The predicted octanol–water partition coefficient (Wildman–Crippen LogP) is 3.34. The van der Waals surface area contributed by atoms with E-state index in [9.17, 15) is 5.11 Å². The van der Waals surface area contributed by atoms with Crippen molar-refractivity contribution in [1.29, 1.82) is 0 Å². The molecule has 0 aliphatic heterocycles. The van der Waals surface area contributed by atoms with Crippen molar-refractivity contribution in [2.24, 2.45) is 5.92 Å². The largest absolute Gasteiger partial charge is 0.508 e. The summed E-state index contributed by atoms with van der Waals surface area (Å²) < 4.78 is 0. The quantitative estimate of drug-likeness (QED) is 0.442. The van der Waals surface area contributed by atoms with E-state index < -0.39 is 0 Å². The smallest absolute Gasteiger partial charge is 0.118 e. The Hall–Kier alpha value is -1.18. The van der Waals surface area contributed by atoms with Gasteiger partial charge in [0, 0.05) is 5.69 Å². The molecule has 1 aromatic rings. The van der Waals surface area contributed by atoms with Crippen LogP contribution in [0.25, 0.3) is 0 Å². The molecular formula is C13H21NO. The molecule has 0 amide bonds. The summed E-state index contributed by atoms with van der Waals surface area (Å²) in [6.45, 7) is 4.47. The number of unbranched alkanes of at least 4 members (excludes halogenated alkanes) is 1. The molecule has 84 valence electrons. The lowest BCUT2D eigenvalue weighted by molar-refractivity contribution is 0.464. The van der Waals surface area contributed by atoms with Gasteiger partial charge in [0.1, 0.15) is 5.75 Å². The van der Waals surface area contributed by atoms with Crippen molar-refractivity contribution in [3.63, 3.8) is 0 Å². The zero-order valence-electron chi connectivity index (χ0n) is 9.66. The number of hydrogen-bond acceptors (Lipinski definition) is 2. The van der Waals surface area contributed by atoms with Crippen LogP contribution in [-0.4, -0.2) is 5.11 Å². The molecule has 0 spiro atoms. The Kier molecular flexibility index (Phi) is 4.47. The standard InChI is InChI=1S/C13H21NO/c1-10(2)5-3-4-6-11-9-12(14)7-8-13(11)15/h7-10,15H,3-6,14H2,1-2H3. The molecule has 15 heavy (non-hydrogen) atoms. The second-order valence-electron chi connectivity index (χ2n) is 4.53. The summed E-state index contributed by atoms with van der Waals surface area (Å²) in [4.78, 5) is 0. The van der Waals surface area contributed by atoms with Gasteiger partial charge in [-0.15, -0.1) is 0 Å². The Balaban J connectivity index is 2.40. The minimum absolute atomic E-state index is 0.369. The number of benzene rings is 1. The van der Waals surface area contributed by atoms with Crippen molar-refractivity contribution in [2.45, 2.75) is 39.5 Å². The number of hydrogen-bond donors (Lipinski definition) is 2. The van der Waals surface area contributed by atoms with E-state index in [4.69, 9.17) is 5.73 Å². The van der Waals surface area contributed by atoms with E-state index in [1.54, 1.807) is 12.1 Å². The first kappa shape index (κ1) is 11.9.